The lowest BCUT2D eigenvalue weighted by Gasteiger charge is -2.28. The Labute approximate surface area is 133 Å². The number of aldehydes is 1. The largest absolute Gasteiger partial charge is 0.444 e. The summed E-state index contributed by atoms with van der Waals surface area (Å²) in [5, 5.41) is 11.3. The van der Waals surface area contributed by atoms with Gasteiger partial charge in [0.15, 0.2) is 0 Å². The van der Waals surface area contributed by atoms with Crippen LogP contribution in [0.4, 0.5) is 10.5 Å². The average molecular weight is 329 g/mol. The van der Waals surface area contributed by atoms with Crippen molar-refractivity contribution in [2.75, 3.05) is 7.05 Å². The number of nitro benzene ring substituents is 1. The van der Waals surface area contributed by atoms with Crippen molar-refractivity contribution < 1.29 is 19.2 Å². The van der Waals surface area contributed by atoms with E-state index in [1.54, 1.807) is 20.8 Å². The van der Waals surface area contributed by atoms with Gasteiger partial charge in [-0.25, -0.2) is 4.79 Å². The van der Waals surface area contributed by atoms with E-state index < -0.39 is 22.7 Å². The minimum absolute atomic E-state index is 0.0286. The van der Waals surface area contributed by atoms with Crippen molar-refractivity contribution in [2.24, 2.45) is 0 Å². The van der Waals surface area contributed by atoms with Crippen molar-refractivity contribution in [3.63, 3.8) is 0 Å². The fourth-order valence-corrected chi connectivity index (χ4v) is 1.93. The van der Waals surface area contributed by atoms with Gasteiger partial charge in [0, 0.05) is 18.1 Å². The van der Waals surface area contributed by atoms with E-state index in [2.05, 4.69) is 0 Å². The second-order valence-corrected chi connectivity index (χ2v) is 6.07. The molecule has 7 nitrogen and oxygen atoms in total. The van der Waals surface area contributed by atoms with Crippen molar-refractivity contribution in [2.45, 2.75) is 32.4 Å². The molecule has 1 atom stereocenters. The quantitative estimate of drug-likeness (QED) is 0.480. The number of hydrogen-bond acceptors (Lipinski definition) is 5. The number of nitro groups is 1. The molecule has 0 N–H and O–H groups in total. The normalized spacial score (nSPS) is 12.4. The van der Waals surface area contributed by atoms with E-state index in [9.17, 15) is 19.7 Å². The number of nitrogens with zero attached hydrogens (tertiary/aromatic N) is 2. The molecule has 0 aliphatic rings. The highest BCUT2D eigenvalue weighted by Gasteiger charge is 2.30. The van der Waals surface area contributed by atoms with Gasteiger partial charge >= 0.3 is 6.09 Å². The van der Waals surface area contributed by atoms with Crippen molar-refractivity contribution in [3.05, 3.63) is 38.9 Å². The Morgan fingerprint density at radius 3 is 2.50 bits per heavy atom. The van der Waals surface area contributed by atoms with Crippen LogP contribution in [0.5, 0.6) is 0 Å². The van der Waals surface area contributed by atoms with Gasteiger partial charge in [-0.2, -0.15) is 0 Å². The number of ether oxygens (including phenoxy) is 1. The molecular formula is C14H17ClN2O5. The third-order valence-electron chi connectivity index (χ3n) is 2.73. The molecule has 1 aromatic carbocycles. The van der Waals surface area contributed by atoms with E-state index >= 15 is 0 Å². The molecule has 0 saturated heterocycles. The highest BCUT2D eigenvalue weighted by molar-refractivity contribution is 6.30. The molecule has 1 amide bonds. The molecule has 0 heterocycles. The number of amides is 1. The maximum atomic E-state index is 12.0. The lowest BCUT2D eigenvalue weighted by Crippen LogP contribution is -2.37. The van der Waals surface area contributed by atoms with Crippen LogP contribution in [0.2, 0.25) is 5.02 Å². The summed E-state index contributed by atoms with van der Waals surface area (Å²) < 4.78 is 5.16. The summed E-state index contributed by atoms with van der Waals surface area (Å²) in [5.74, 6) is 0. The van der Waals surface area contributed by atoms with Crippen LogP contribution in [-0.4, -0.2) is 34.9 Å². The summed E-state index contributed by atoms with van der Waals surface area (Å²) >= 11 is 5.84. The predicted molar refractivity (Wildman–Crippen MR) is 80.9 cm³/mol. The van der Waals surface area contributed by atoms with Crippen molar-refractivity contribution in [1.29, 1.82) is 0 Å². The number of halogens is 1. The summed E-state index contributed by atoms with van der Waals surface area (Å²) in [4.78, 5) is 34.9. The molecular weight excluding hydrogens is 312 g/mol. The van der Waals surface area contributed by atoms with Crippen molar-refractivity contribution in [1.82, 2.24) is 4.90 Å². The Bertz CT molecular complexity index is 597. The molecule has 1 aromatic rings. The molecule has 1 unspecified atom stereocenters. The van der Waals surface area contributed by atoms with Gasteiger partial charge in [0.1, 0.15) is 17.9 Å². The Hall–Kier alpha value is -2.15. The molecule has 120 valence electrons. The van der Waals surface area contributed by atoms with Gasteiger partial charge in [-0.15, -0.1) is 0 Å². The number of carbonyl (C=O) groups excluding carboxylic acids is 2. The van der Waals surface area contributed by atoms with E-state index in [0.29, 0.717) is 6.29 Å². The summed E-state index contributed by atoms with van der Waals surface area (Å²) in [7, 11) is 1.33. The number of rotatable bonds is 4. The van der Waals surface area contributed by atoms with Gasteiger partial charge in [-0.05, 0) is 32.9 Å². The first kappa shape index (κ1) is 17.9. The highest BCUT2D eigenvalue weighted by Crippen LogP contribution is 2.30. The average Bonchev–Trinajstić information content (AvgIpc) is 2.37. The second-order valence-electron chi connectivity index (χ2n) is 5.63. The molecule has 22 heavy (non-hydrogen) atoms. The fraction of sp³-hybridized carbons (Fsp3) is 0.429. The molecule has 1 rings (SSSR count). The van der Waals surface area contributed by atoms with Crippen LogP contribution in [0, 0.1) is 10.1 Å². The summed E-state index contributed by atoms with van der Waals surface area (Å²) in [6.07, 6.45) is -0.332. The Kier molecular flexibility index (Phi) is 5.48. The number of likely N-dealkylation sites (N-methyl/N-ethyl adjacent to an activating group) is 1. The van der Waals surface area contributed by atoms with Gasteiger partial charge in [-0.3, -0.25) is 15.0 Å². The van der Waals surface area contributed by atoms with Crippen LogP contribution >= 0.6 is 11.6 Å². The van der Waals surface area contributed by atoms with E-state index in [0.717, 1.165) is 4.90 Å². The van der Waals surface area contributed by atoms with E-state index in [4.69, 9.17) is 16.3 Å². The lowest BCUT2D eigenvalue weighted by atomic mass is 10.0. The number of carbonyl (C=O) groups is 2. The molecule has 8 heteroatoms. The SMILES string of the molecule is CN(C(=O)OC(C)(C)C)C(C=O)c1cc(Cl)ccc1[N+](=O)[O-]. The number of hydrogen-bond donors (Lipinski definition) is 0. The first-order valence-corrected chi connectivity index (χ1v) is 6.79. The van der Waals surface area contributed by atoms with E-state index in [1.165, 1.54) is 25.2 Å². The molecule has 0 aliphatic carbocycles. The van der Waals surface area contributed by atoms with Crippen LogP contribution in [0.15, 0.2) is 18.2 Å². The maximum absolute atomic E-state index is 12.0. The van der Waals surface area contributed by atoms with E-state index in [1.807, 2.05) is 0 Å². The standard InChI is InChI=1S/C14H17ClN2O5/c1-14(2,3)22-13(19)16(4)12(8-18)10-7-9(15)5-6-11(10)17(20)21/h5-8,12H,1-4H3. The molecule has 0 aromatic heterocycles. The Morgan fingerprint density at radius 2 is 2.05 bits per heavy atom. The Morgan fingerprint density at radius 1 is 1.45 bits per heavy atom. The highest BCUT2D eigenvalue weighted by atomic mass is 35.5. The minimum atomic E-state index is -1.17. The minimum Gasteiger partial charge on any atom is -0.444 e. The van der Waals surface area contributed by atoms with Gasteiger partial charge in [0.2, 0.25) is 0 Å². The van der Waals surface area contributed by atoms with Crippen molar-refractivity contribution >= 4 is 29.7 Å². The molecule has 0 aliphatic heterocycles. The zero-order valence-electron chi connectivity index (χ0n) is 12.7. The molecule has 0 saturated carbocycles. The van der Waals surface area contributed by atoms with Crippen LogP contribution in [0.1, 0.15) is 32.4 Å². The van der Waals surface area contributed by atoms with Gasteiger partial charge < -0.3 is 9.53 Å². The van der Waals surface area contributed by atoms with Gasteiger partial charge in [-0.1, -0.05) is 11.6 Å². The third-order valence-corrected chi connectivity index (χ3v) is 2.97. The van der Waals surface area contributed by atoms with Gasteiger partial charge in [0.25, 0.3) is 5.69 Å². The fourth-order valence-electron chi connectivity index (χ4n) is 1.75. The number of benzene rings is 1. The predicted octanol–water partition coefficient (Wildman–Crippen LogP) is 3.36. The first-order valence-electron chi connectivity index (χ1n) is 6.41. The molecule has 0 radical (unpaired) electrons. The van der Waals surface area contributed by atoms with E-state index in [-0.39, 0.29) is 16.3 Å². The summed E-state index contributed by atoms with van der Waals surface area (Å²) in [6.45, 7) is 5.03. The zero-order chi connectivity index (χ0) is 17.1. The van der Waals surface area contributed by atoms with Crippen LogP contribution in [0.25, 0.3) is 0 Å². The molecule has 0 bridgehead atoms. The topological polar surface area (TPSA) is 89.8 Å². The third kappa shape index (κ3) is 4.42. The monoisotopic (exact) mass is 328 g/mol. The lowest BCUT2D eigenvalue weighted by molar-refractivity contribution is -0.385. The first-order chi connectivity index (χ1) is 10.1. The smallest absolute Gasteiger partial charge is 0.410 e. The molecule has 0 fully saturated rings. The second kappa shape index (κ2) is 6.74. The van der Waals surface area contributed by atoms with Crippen LogP contribution in [0.3, 0.4) is 0 Å². The van der Waals surface area contributed by atoms with Crippen LogP contribution < -0.4 is 0 Å². The zero-order valence-corrected chi connectivity index (χ0v) is 13.5. The van der Waals surface area contributed by atoms with Crippen LogP contribution in [-0.2, 0) is 9.53 Å². The molecule has 0 spiro atoms. The summed E-state index contributed by atoms with van der Waals surface area (Å²) in [6, 6.07) is 2.66. The van der Waals surface area contributed by atoms with Crippen molar-refractivity contribution in [3.8, 4) is 0 Å². The Balaban J connectivity index is 3.21. The van der Waals surface area contributed by atoms with Gasteiger partial charge in [0.05, 0.1) is 10.5 Å². The summed E-state index contributed by atoms with van der Waals surface area (Å²) in [5.41, 5.74) is -1.02. The maximum Gasteiger partial charge on any atom is 0.410 e.